The van der Waals surface area contributed by atoms with Gasteiger partial charge in [0.05, 0.1) is 12.1 Å². The Morgan fingerprint density at radius 3 is 2.41 bits per heavy atom. The van der Waals surface area contributed by atoms with Gasteiger partial charge in [0.1, 0.15) is 12.4 Å². The summed E-state index contributed by atoms with van der Waals surface area (Å²) in [7, 11) is 0. The van der Waals surface area contributed by atoms with Gasteiger partial charge in [-0.1, -0.05) is 0 Å². The van der Waals surface area contributed by atoms with Gasteiger partial charge in [-0.15, -0.1) is 0 Å². The van der Waals surface area contributed by atoms with Gasteiger partial charge in [0.25, 0.3) is 0 Å². The normalized spacial score (nSPS) is 10.1. The number of hydrogen-bond acceptors (Lipinski definition) is 2. The van der Waals surface area contributed by atoms with Gasteiger partial charge in [0.15, 0.2) is 0 Å². The van der Waals surface area contributed by atoms with E-state index in [2.05, 4.69) is 0 Å². The summed E-state index contributed by atoms with van der Waals surface area (Å²) in [6.45, 7) is 1.33. The SMILES string of the molecule is O=C(O)c1ccc(OCCn2cccc2)cc1. The van der Waals surface area contributed by atoms with E-state index in [0.717, 1.165) is 6.54 Å². The fourth-order valence-electron chi connectivity index (χ4n) is 1.48. The van der Waals surface area contributed by atoms with Gasteiger partial charge in [-0.25, -0.2) is 4.79 Å². The molecule has 0 aliphatic rings. The molecule has 4 heteroatoms. The molecule has 88 valence electrons. The van der Waals surface area contributed by atoms with Crippen molar-refractivity contribution in [3.8, 4) is 5.75 Å². The molecule has 0 unspecified atom stereocenters. The number of benzene rings is 1. The van der Waals surface area contributed by atoms with Crippen molar-refractivity contribution >= 4 is 5.97 Å². The molecular formula is C13H13NO3. The van der Waals surface area contributed by atoms with Gasteiger partial charge in [0.2, 0.25) is 0 Å². The second-order valence-electron chi connectivity index (χ2n) is 3.60. The molecule has 2 rings (SSSR count). The predicted molar refractivity (Wildman–Crippen MR) is 63.3 cm³/mol. The first-order valence-corrected chi connectivity index (χ1v) is 5.32. The lowest BCUT2D eigenvalue weighted by Gasteiger charge is -2.07. The first-order valence-electron chi connectivity index (χ1n) is 5.32. The van der Waals surface area contributed by atoms with Crippen LogP contribution < -0.4 is 4.74 Å². The van der Waals surface area contributed by atoms with Crippen LogP contribution in [0.15, 0.2) is 48.8 Å². The van der Waals surface area contributed by atoms with Crippen LogP contribution in [0.2, 0.25) is 0 Å². The van der Waals surface area contributed by atoms with E-state index >= 15 is 0 Å². The van der Waals surface area contributed by atoms with Gasteiger partial charge in [-0.2, -0.15) is 0 Å². The summed E-state index contributed by atoms with van der Waals surface area (Å²) in [6, 6.07) is 10.3. The molecular weight excluding hydrogens is 218 g/mol. The maximum atomic E-state index is 10.6. The summed E-state index contributed by atoms with van der Waals surface area (Å²) in [6.07, 6.45) is 3.94. The molecule has 0 saturated heterocycles. The summed E-state index contributed by atoms with van der Waals surface area (Å²) in [5, 5.41) is 8.73. The van der Waals surface area contributed by atoms with Crippen LogP contribution in [0.3, 0.4) is 0 Å². The van der Waals surface area contributed by atoms with Crippen LogP contribution in [0.1, 0.15) is 10.4 Å². The molecule has 0 aliphatic heterocycles. The maximum Gasteiger partial charge on any atom is 0.335 e. The zero-order chi connectivity index (χ0) is 12.1. The highest BCUT2D eigenvalue weighted by Gasteiger charge is 2.01. The largest absolute Gasteiger partial charge is 0.492 e. The standard InChI is InChI=1S/C13H13NO3/c15-13(16)11-3-5-12(6-4-11)17-10-9-14-7-1-2-8-14/h1-8H,9-10H2,(H,15,16). The lowest BCUT2D eigenvalue weighted by molar-refractivity contribution is 0.0697. The van der Waals surface area contributed by atoms with E-state index in [4.69, 9.17) is 9.84 Å². The Labute approximate surface area is 99.1 Å². The van der Waals surface area contributed by atoms with Crippen molar-refractivity contribution in [2.45, 2.75) is 6.54 Å². The van der Waals surface area contributed by atoms with Gasteiger partial charge in [-0.05, 0) is 36.4 Å². The molecule has 0 atom stereocenters. The van der Waals surface area contributed by atoms with E-state index in [9.17, 15) is 4.79 Å². The topological polar surface area (TPSA) is 51.5 Å². The van der Waals surface area contributed by atoms with E-state index < -0.39 is 5.97 Å². The van der Waals surface area contributed by atoms with E-state index in [1.807, 2.05) is 29.1 Å². The van der Waals surface area contributed by atoms with Crippen molar-refractivity contribution in [3.63, 3.8) is 0 Å². The Hall–Kier alpha value is -2.23. The van der Waals surface area contributed by atoms with Crippen LogP contribution in [0.5, 0.6) is 5.75 Å². The van der Waals surface area contributed by atoms with Crippen LogP contribution in [0.4, 0.5) is 0 Å². The Morgan fingerprint density at radius 1 is 1.18 bits per heavy atom. The molecule has 0 saturated carbocycles. The second-order valence-corrected chi connectivity index (χ2v) is 3.60. The molecule has 17 heavy (non-hydrogen) atoms. The third kappa shape index (κ3) is 3.11. The number of aromatic carboxylic acids is 1. The maximum absolute atomic E-state index is 10.6. The Kier molecular flexibility index (Phi) is 3.45. The minimum atomic E-state index is -0.927. The van der Waals surface area contributed by atoms with E-state index in [0.29, 0.717) is 12.4 Å². The molecule has 1 aromatic heterocycles. The first kappa shape index (κ1) is 11.3. The number of carboxylic acids is 1. The highest BCUT2D eigenvalue weighted by atomic mass is 16.5. The summed E-state index contributed by atoms with van der Waals surface area (Å²) >= 11 is 0. The fourth-order valence-corrected chi connectivity index (χ4v) is 1.48. The molecule has 0 bridgehead atoms. The molecule has 0 fully saturated rings. The average Bonchev–Trinajstić information content (AvgIpc) is 2.83. The zero-order valence-electron chi connectivity index (χ0n) is 9.24. The molecule has 1 aromatic carbocycles. The number of aromatic nitrogens is 1. The Balaban J connectivity index is 1.85. The second kappa shape index (κ2) is 5.21. The molecule has 0 spiro atoms. The Bertz CT molecular complexity index is 474. The molecule has 2 aromatic rings. The van der Waals surface area contributed by atoms with Crippen molar-refractivity contribution < 1.29 is 14.6 Å². The highest BCUT2D eigenvalue weighted by molar-refractivity contribution is 5.87. The molecule has 0 amide bonds. The monoisotopic (exact) mass is 231 g/mol. The van der Waals surface area contributed by atoms with Crippen LogP contribution in [-0.2, 0) is 6.54 Å². The average molecular weight is 231 g/mol. The third-order valence-electron chi connectivity index (χ3n) is 2.39. The van der Waals surface area contributed by atoms with Crippen molar-refractivity contribution in [2.75, 3.05) is 6.61 Å². The van der Waals surface area contributed by atoms with Crippen LogP contribution in [-0.4, -0.2) is 22.2 Å². The minimum Gasteiger partial charge on any atom is -0.492 e. The fraction of sp³-hybridized carbons (Fsp3) is 0.154. The lowest BCUT2D eigenvalue weighted by Crippen LogP contribution is -2.06. The molecule has 0 aliphatic carbocycles. The summed E-state index contributed by atoms with van der Waals surface area (Å²) in [5.74, 6) is -0.244. The number of hydrogen-bond donors (Lipinski definition) is 1. The van der Waals surface area contributed by atoms with E-state index in [-0.39, 0.29) is 5.56 Å². The molecule has 1 N–H and O–H groups in total. The summed E-state index contributed by atoms with van der Waals surface area (Å²) in [4.78, 5) is 10.6. The number of nitrogens with zero attached hydrogens (tertiary/aromatic N) is 1. The third-order valence-corrected chi connectivity index (χ3v) is 2.39. The van der Waals surface area contributed by atoms with Crippen molar-refractivity contribution in [3.05, 3.63) is 54.4 Å². The van der Waals surface area contributed by atoms with Crippen molar-refractivity contribution in [1.29, 1.82) is 0 Å². The van der Waals surface area contributed by atoms with Crippen molar-refractivity contribution in [2.24, 2.45) is 0 Å². The first-order chi connectivity index (χ1) is 8.25. The lowest BCUT2D eigenvalue weighted by atomic mass is 10.2. The predicted octanol–water partition coefficient (Wildman–Crippen LogP) is 2.27. The number of ether oxygens (including phenoxy) is 1. The zero-order valence-corrected chi connectivity index (χ0v) is 9.24. The minimum absolute atomic E-state index is 0.266. The number of carboxylic acid groups (broad SMARTS) is 1. The smallest absolute Gasteiger partial charge is 0.335 e. The van der Waals surface area contributed by atoms with Crippen LogP contribution in [0.25, 0.3) is 0 Å². The van der Waals surface area contributed by atoms with Gasteiger partial charge < -0.3 is 14.4 Å². The van der Waals surface area contributed by atoms with Crippen LogP contribution in [0, 0.1) is 0 Å². The number of rotatable bonds is 5. The Morgan fingerprint density at radius 2 is 1.82 bits per heavy atom. The molecule has 0 radical (unpaired) electrons. The molecule has 1 heterocycles. The number of carbonyl (C=O) groups is 1. The summed E-state index contributed by atoms with van der Waals surface area (Å²) < 4.78 is 7.52. The molecule has 4 nitrogen and oxygen atoms in total. The van der Waals surface area contributed by atoms with Gasteiger partial charge in [-0.3, -0.25) is 0 Å². The van der Waals surface area contributed by atoms with Gasteiger partial charge in [0, 0.05) is 12.4 Å². The van der Waals surface area contributed by atoms with Crippen LogP contribution >= 0.6 is 0 Å². The van der Waals surface area contributed by atoms with Gasteiger partial charge >= 0.3 is 5.97 Å². The van der Waals surface area contributed by atoms with E-state index in [1.165, 1.54) is 12.1 Å². The summed E-state index contributed by atoms with van der Waals surface area (Å²) in [5.41, 5.74) is 0.266. The van der Waals surface area contributed by atoms with E-state index in [1.54, 1.807) is 12.1 Å². The quantitative estimate of drug-likeness (QED) is 0.858. The highest BCUT2D eigenvalue weighted by Crippen LogP contribution is 2.12. The van der Waals surface area contributed by atoms with Crippen molar-refractivity contribution in [1.82, 2.24) is 4.57 Å².